The fraction of sp³-hybridized carbons (Fsp3) is 0.474. The van der Waals surface area contributed by atoms with E-state index in [4.69, 9.17) is 26.9 Å². The van der Waals surface area contributed by atoms with Gasteiger partial charge in [-0.05, 0) is 25.5 Å². The highest BCUT2D eigenvalue weighted by Crippen LogP contribution is 2.39. The molecule has 2 N–H and O–H groups in total. The predicted octanol–water partition coefficient (Wildman–Crippen LogP) is 1.05. The maximum Gasteiger partial charge on any atom is 0.304 e. The number of rotatable bonds is 4. The van der Waals surface area contributed by atoms with Gasteiger partial charge in [0.2, 0.25) is 0 Å². The van der Waals surface area contributed by atoms with Gasteiger partial charge in [-0.1, -0.05) is 17.7 Å². The number of hydrogen-bond donors (Lipinski definition) is 1. The van der Waals surface area contributed by atoms with E-state index < -0.39 is 5.56 Å². The molecule has 2 aliphatic heterocycles. The average Bonchev–Trinajstić information content (AvgIpc) is 2.72. The maximum absolute atomic E-state index is 11.9. The first-order valence-electron chi connectivity index (χ1n) is 9.44. The molecule has 1 aromatic heterocycles. The molecule has 2 aromatic rings. The van der Waals surface area contributed by atoms with Crippen molar-refractivity contribution < 1.29 is 9.47 Å². The Labute approximate surface area is 168 Å². The molecule has 4 rings (SSSR count). The van der Waals surface area contributed by atoms with Crippen molar-refractivity contribution in [3.63, 3.8) is 0 Å². The highest BCUT2D eigenvalue weighted by molar-refractivity contribution is 6.31. The fourth-order valence-corrected chi connectivity index (χ4v) is 4.05. The molecule has 8 nitrogen and oxygen atoms in total. The van der Waals surface area contributed by atoms with Gasteiger partial charge < -0.3 is 20.2 Å². The lowest BCUT2D eigenvalue weighted by Crippen LogP contribution is -2.47. The molecule has 0 bridgehead atoms. The molecule has 0 spiro atoms. The zero-order valence-corrected chi connectivity index (χ0v) is 16.6. The molecule has 0 saturated carbocycles. The molecule has 0 aliphatic carbocycles. The van der Waals surface area contributed by atoms with Gasteiger partial charge in [0.1, 0.15) is 18.2 Å². The molecular weight excluding hydrogens is 382 g/mol. The summed E-state index contributed by atoms with van der Waals surface area (Å²) in [4.78, 5) is 17.4. The highest BCUT2D eigenvalue weighted by Gasteiger charge is 2.24. The Balaban J connectivity index is 1.38. The number of nitrogens with two attached hydrogens (primary N) is 1. The van der Waals surface area contributed by atoms with Crippen LogP contribution in [0.1, 0.15) is 11.3 Å². The first-order valence-corrected chi connectivity index (χ1v) is 9.81. The predicted molar refractivity (Wildman–Crippen MR) is 108 cm³/mol. The van der Waals surface area contributed by atoms with Gasteiger partial charge in [0.25, 0.3) is 0 Å². The molecular formula is C19H24ClN5O3. The minimum Gasteiger partial charge on any atom is -0.486 e. The van der Waals surface area contributed by atoms with E-state index in [0.717, 1.165) is 60.3 Å². The van der Waals surface area contributed by atoms with Gasteiger partial charge >= 0.3 is 5.56 Å². The number of nitrogen functional groups attached to an aromatic ring is 1. The lowest BCUT2D eigenvalue weighted by molar-refractivity contribution is 0.171. The number of aromatic nitrogens is 2. The van der Waals surface area contributed by atoms with E-state index in [1.807, 2.05) is 19.1 Å². The average molecular weight is 406 g/mol. The molecule has 2 aliphatic rings. The van der Waals surface area contributed by atoms with E-state index in [1.54, 1.807) is 0 Å². The van der Waals surface area contributed by atoms with Crippen LogP contribution in [-0.2, 0) is 6.42 Å². The van der Waals surface area contributed by atoms with Gasteiger partial charge in [-0.3, -0.25) is 9.69 Å². The van der Waals surface area contributed by atoms with Crippen LogP contribution in [0.15, 0.2) is 23.0 Å². The van der Waals surface area contributed by atoms with Crippen molar-refractivity contribution in [3.05, 3.63) is 44.8 Å². The summed E-state index contributed by atoms with van der Waals surface area (Å²) < 4.78 is 11.5. The van der Waals surface area contributed by atoms with E-state index in [2.05, 4.69) is 21.0 Å². The van der Waals surface area contributed by atoms with Crippen LogP contribution in [-0.4, -0.2) is 60.7 Å². The molecule has 1 fully saturated rings. The number of hydrogen-bond acceptors (Lipinski definition) is 7. The van der Waals surface area contributed by atoms with Gasteiger partial charge in [-0.25, -0.2) is 0 Å². The quantitative estimate of drug-likeness (QED) is 0.761. The van der Waals surface area contributed by atoms with E-state index in [1.165, 1.54) is 0 Å². The topological polar surface area (TPSA) is 85.9 Å². The van der Waals surface area contributed by atoms with Crippen molar-refractivity contribution in [1.29, 1.82) is 0 Å². The summed E-state index contributed by atoms with van der Waals surface area (Å²) in [5, 5.41) is 4.20. The normalized spacial score (nSPS) is 17.0. The summed E-state index contributed by atoms with van der Waals surface area (Å²) in [7, 11) is 0. The second-order valence-corrected chi connectivity index (χ2v) is 7.39. The largest absolute Gasteiger partial charge is 0.486 e. The van der Waals surface area contributed by atoms with E-state index in [0.29, 0.717) is 25.3 Å². The molecule has 28 heavy (non-hydrogen) atoms. The van der Waals surface area contributed by atoms with Crippen LogP contribution < -0.4 is 25.8 Å². The molecule has 0 radical (unpaired) electrons. The standard InChI is InChI=1S/C19H24ClN5O3/c1-13-14(17(20)19(26)25(21)22-13)5-6-23-7-9-24(10-8-23)15-3-2-4-16-18(15)28-12-11-27-16/h2-4H,5-12,21H2,1H3. The molecule has 0 amide bonds. The molecule has 150 valence electrons. The van der Waals surface area contributed by atoms with Crippen molar-refractivity contribution in [2.24, 2.45) is 0 Å². The van der Waals surface area contributed by atoms with Gasteiger partial charge in [-0.15, -0.1) is 4.79 Å². The van der Waals surface area contributed by atoms with Crippen molar-refractivity contribution in [2.45, 2.75) is 13.3 Å². The number of nitrogens with zero attached hydrogens (tertiary/aromatic N) is 4. The Morgan fingerprint density at radius 3 is 2.71 bits per heavy atom. The minimum absolute atomic E-state index is 0.168. The van der Waals surface area contributed by atoms with Crippen LogP contribution in [0.25, 0.3) is 0 Å². The Hall–Kier alpha value is -2.45. The summed E-state index contributed by atoms with van der Waals surface area (Å²) in [6.07, 6.45) is 0.672. The summed E-state index contributed by atoms with van der Waals surface area (Å²) in [6.45, 7) is 7.45. The number of anilines is 1. The zero-order valence-electron chi connectivity index (χ0n) is 15.9. The van der Waals surface area contributed by atoms with Crippen LogP contribution in [0, 0.1) is 6.92 Å². The minimum atomic E-state index is -0.455. The Bertz CT molecular complexity index is 925. The van der Waals surface area contributed by atoms with Crippen LogP contribution in [0.2, 0.25) is 5.02 Å². The van der Waals surface area contributed by atoms with Crippen molar-refractivity contribution in [3.8, 4) is 11.5 Å². The second kappa shape index (κ2) is 7.89. The lowest BCUT2D eigenvalue weighted by Gasteiger charge is -2.37. The Kier molecular flexibility index (Phi) is 5.32. The number of ether oxygens (including phenoxy) is 2. The maximum atomic E-state index is 11.9. The van der Waals surface area contributed by atoms with Crippen LogP contribution in [0.4, 0.5) is 5.69 Å². The van der Waals surface area contributed by atoms with Crippen molar-refractivity contribution in [2.75, 3.05) is 56.7 Å². The number of benzene rings is 1. The molecule has 9 heteroatoms. The third kappa shape index (κ3) is 3.62. The lowest BCUT2D eigenvalue weighted by atomic mass is 10.1. The van der Waals surface area contributed by atoms with Crippen LogP contribution in [0.5, 0.6) is 11.5 Å². The molecule has 1 saturated heterocycles. The van der Waals surface area contributed by atoms with E-state index in [-0.39, 0.29) is 5.02 Å². The van der Waals surface area contributed by atoms with Crippen molar-refractivity contribution in [1.82, 2.24) is 14.8 Å². The smallest absolute Gasteiger partial charge is 0.304 e. The first-order chi connectivity index (χ1) is 13.5. The number of aryl methyl sites for hydroxylation is 1. The van der Waals surface area contributed by atoms with Gasteiger partial charge in [0.05, 0.1) is 11.4 Å². The van der Waals surface area contributed by atoms with E-state index >= 15 is 0 Å². The molecule has 0 atom stereocenters. The van der Waals surface area contributed by atoms with E-state index in [9.17, 15) is 4.79 Å². The third-order valence-electron chi connectivity index (χ3n) is 5.29. The Morgan fingerprint density at radius 2 is 1.93 bits per heavy atom. The SMILES string of the molecule is Cc1nn(N)c(=O)c(Cl)c1CCN1CCN(c2cccc3c2OCCO3)CC1. The second-order valence-electron chi connectivity index (χ2n) is 7.01. The van der Waals surface area contributed by atoms with Crippen LogP contribution in [0.3, 0.4) is 0 Å². The van der Waals surface area contributed by atoms with Gasteiger partial charge in [0.15, 0.2) is 11.5 Å². The Morgan fingerprint density at radius 1 is 1.18 bits per heavy atom. The number of fused-ring (bicyclic) bond motifs is 1. The molecule has 3 heterocycles. The van der Waals surface area contributed by atoms with Crippen molar-refractivity contribution >= 4 is 17.3 Å². The fourth-order valence-electron chi connectivity index (χ4n) is 3.74. The molecule has 0 unspecified atom stereocenters. The summed E-state index contributed by atoms with van der Waals surface area (Å²) >= 11 is 6.19. The summed E-state index contributed by atoms with van der Waals surface area (Å²) in [5.74, 6) is 7.19. The third-order valence-corrected chi connectivity index (χ3v) is 5.68. The molecule has 1 aromatic carbocycles. The summed E-state index contributed by atoms with van der Waals surface area (Å²) in [6, 6.07) is 6.04. The number of para-hydroxylation sites is 1. The number of halogens is 1. The summed E-state index contributed by atoms with van der Waals surface area (Å²) in [5.41, 5.74) is 2.10. The monoisotopic (exact) mass is 405 g/mol. The van der Waals surface area contributed by atoms with Gasteiger partial charge in [-0.2, -0.15) is 5.10 Å². The highest BCUT2D eigenvalue weighted by atomic mass is 35.5. The van der Waals surface area contributed by atoms with Crippen LogP contribution >= 0.6 is 11.6 Å². The number of piperazine rings is 1. The first kappa shape index (κ1) is 18.9. The van der Waals surface area contributed by atoms with Gasteiger partial charge in [0, 0.05) is 38.3 Å². The zero-order chi connectivity index (χ0) is 19.7.